The molecule has 1 N–H and O–H groups in total. The summed E-state index contributed by atoms with van der Waals surface area (Å²) in [7, 11) is 0. The second-order valence-electron chi connectivity index (χ2n) is 6.39. The highest BCUT2D eigenvalue weighted by Crippen LogP contribution is 2.36. The highest BCUT2D eigenvalue weighted by molar-refractivity contribution is 6.36. The van der Waals surface area contributed by atoms with Crippen molar-refractivity contribution in [1.82, 2.24) is 9.97 Å². The lowest BCUT2D eigenvalue weighted by atomic mass is 10.00. The third-order valence-electron chi connectivity index (χ3n) is 4.55. The number of hydrogen-bond donors (Lipinski definition) is 1. The summed E-state index contributed by atoms with van der Waals surface area (Å²) in [5.41, 5.74) is 1.82. The average molecular weight is 374 g/mol. The first-order chi connectivity index (χ1) is 12.4. The number of carbonyl (C=O) groups excluding carboxylic acids is 1. The summed E-state index contributed by atoms with van der Waals surface area (Å²) >= 11 is 6.35. The number of alkyl halides is 1. The Morgan fingerprint density at radius 1 is 1.27 bits per heavy atom. The van der Waals surface area contributed by atoms with Gasteiger partial charge >= 0.3 is 0 Å². The largest absolute Gasteiger partial charge is 0.310 e. The van der Waals surface area contributed by atoms with Crippen molar-refractivity contribution in [2.45, 2.75) is 19.5 Å². The molecular weight excluding hydrogens is 360 g/mol. The molecule has 0 spiro atoms. The maximum absolute atomic E-state index is 13.8. The molecule has 132 valence electrons. The Balaban J connectivity index is 1.74. The van der Waals surface area contributed by atoms with E-state index in [9.17, 15) is 13.6 Å². The fraction of sp³-hybridized carbons (Fsp3) is 0.211. The molecule has 0 bridgehead atoms. The van der Waals surface area contributed by atoms with Gasteiger partial charge in [-0.25, -0.2) is 13.8 Å². The number of benzene rings is 1. The SMILES string of the molecule is Cc1c(F)cncc1-c1cc(Cl)c2cnc(NC(=O)[C@@H]3C[C@@H]3F)cc2c1. The van der Waals surface area contributed by atoms with Crippen LogP contribution in [0.2, 0.25) is 5.02 Å². The van der Waals surface area contributed by atoms with E-state index >= 15 is 0 Å². The van der Waals surface area contributed by atoms with Gasteiger partial charge in [0.25, 0.3) is 0 Å². The summed E-state index contributed by atoms with van der Waals surface area (Å²) in [4.78, 5) is 20.0. The number of nitrogens with one attached hydrogen (secondary N) is 1. The number of rotatable bonds is 3. The van der Waals surface area contributed by atoms with E-state index in [-0.39, 0.29) is 12.3 Å². The Hall–Kier alpha value is -2.60. The van der Waals surface area contributed by atoms with E-state index in [2.05, 4.69) is 15.3 Å². The van der Waals surface area contributed by atoms with Crippen LogP contribution in [-0.2, 0) is 4.79 Å². The molecule has 7 heteroatoms. The highest BCUT2D eigenvalue weighted by Gasteiger charge is 2.43. The zero-order valence-electron chi connectivity index (χ0n) is 13.8. The third kappa shape index (κ3) is 3.01. The van der Waals surface area contributed by atoms with Crippen LogP contribution in [0.5, 0.6) is 0 Å². The minimum absolute atomic E-state index is 0.251. The lowest BCUT2D eigenvalue weighted by Gasteiger charge is -2.10. The Kier molecular flexibility index (Phi) is 4.07. The average Bonchev–Trinajstić information content (AvgIpc) is 3.34. The second-order valence-corrected chi connectivity index (χ2v) is 6.80. The van der Waals surface area contributed by atoms with Crippen molar-refractivity contribution in [2.24, 2.45) is 5.92 Å². The van der Waals surface area contributed by atoms with Gasteiger partial charge in [-0.3, -0.25) is 9.78 Å². The predicted molar refractivity (Wildman–Crippen MR) is 96.3 cm³/mol. The molecule has 1 aliphatic rings. The van der Waals surface area contributed by atoms with Gasteiger partial charge in [-0.15, -0.1) is 0 Å². The minimum atomic E-state index is -1.07. The van der Waals surface area contributed by atoms with Gasteiger partial charge in [-0.1, -0.05) is 11.6 Å². The van der Waals surface area contributed by atoms with Crippen molar-refractivity contribution < 1.29 is 13.6 Å². The topological polar surface area (TPSA) is 54.9 Å². The molecule has 0 unspecified atom stereocenters. The van der Waals surface area contributed by atoms with Crippen LogP contribution in [0.4, 0.5) is 14.6 Å². The smallest absolute Gasteiger partial charge is 0.231 e. The summed E-state index contributed by atoms with van der Waals surface area (Å²) in [6.07, 6.45) is 3.47. The number of aromatic nitrogens is 2. The third-order valence-corrected chi connectivity index (χ3v) is 4.86. The number of anilines is 1. The van der Waals surface area contributed by atoms with Crippen molar-refractivity contribution in [3.63, 3.8) is 0 Å². The summed E-state index contributed by atoms with van der Waals surface area (Å²) in [5.74, 6) is -1.05. The number of nitrogens with zero attached hydrogens (tertiary/aromatic N) is 2. The number of carbonyl (C=O) groups is 1. The lowest BCUT2D eigenvalue weighted by molar-refractivity contribution is -0.117. The normalized spacial score (nSPS) is 18.8. The predicted octanol–water partition coefficient (Wildman–Crippen LogP) is 4.69. The van der Waals surface area contributed by atoms with Crippen LogP contribution < -0.4 is 5.32 Å². The molecule has 26 heavy (non-hydrogen) atoms. The van der Waals surface area contributed by atoms with Crippen LogP contribution in [0, 0.1) is 18.7 Å². The molecule has 2 heterocycles. The fourth-order valence-corrected chi connectivity index (χ4v) is 3.16. The highest BCUT2D eigenvalue weighted by atomic mass is 35.5. The molecule has 4 nitrogen and oxygen atoms in total. The molecule has 1 aromatic carbocycles. The van der Waals surface area contributed by atoms with Gasteiger partial charge in [0.05, 0.1) is 17.1 Å². The van der Waals surface area contributed by atoms with E-state index < -0.39 is 17.9 Å². The Morgan fingerprint density at radius 2 is 2.04 bits per heavy atom. The van der Waals surface area contributed by atoms with Crippen LogP contribution in [0.3, 0.4) is 0 Å². The first-order valence-corrected chi connectivity index (χ1v) is 8.46. The molecule has 1 amide bonds. The van der Waals surface area contributed by atoms with Gasteiger partial charge in [-0.2, -0.15) is 0 Å². The molecule has 1 aliphatic carbocycles. The Bertz CT molecular complexity index is 1040. The molecule has 1 saturated carbocycles. The maximum Gasteiger partial charge on any atom is 0.231 e. The van der Waals surface area contributed by atoms with Gasteiger partial charge in [0, 0.05) is 23.3 Å². The van der Waals surface area contributed by atoms with E-state index in [4.69, 9.17) is 11.6 Å². The fourth-order valence-electron chi connectivity index (χ4n) is 2.88. The van der Waals surface area contributed by atoms with Crippen molar-refractivity contribution in [3.8, 4) is 11.1 Å². The number of hydrogen-bond acceptors (Lipinski definition) is 3. The maximum atomic E-state index is 13.8. The molecule has 0 aliphatic heterocycles. The van der Waals surface area contributed by atoms with E-state index in [0.717, 1.165) is 11.6 Å². The second kappa shape index (κ2) is 6.29. The molecule has 2 aromatic heterocycles. The van der Waals surface area contributed by atoms with Crippen molar-refractivity contribution in [1.29, 1.82) is 0 Å². The van der Waals surface area contributed by atoms with Gasteiger partial charge in [0.1, 0.15) is 17.8 Å². The zero-order chi connectivity index (χ0) is 18.4. The van der Waals surface area contributed by atoms with E-state index in [1.54, 1.807) is 31.5 Å². The minimum Gasteiger partial charge on any atom is -0.310 e. The quantitative estimate of drug-likeness (QED) is 0.724. The zero-order valence-corrected chi connectivity index (χ0v) is 14.5. The number of pyridine rings is 2. The van der Waals surface area contributed by atoms with Gasteiger partial charge in [-0.05, 0) is 48.1 Å². The van der Waals surface area contributed by atoms with Crippen LogP contribution >= 0.6 is 11.6 Å². The van der Waals surface area contributed by atoms with Crippen molar-refractivity contribution in [2.75, 3.05) is 5.32 Å². The Morgan fingerprint density at radius 3 is 2.77 bits per heavy atom. The van der Waals surface area contributed by atoms with Crippen LogP contribution in [-0.4, -0.2) is 22.0 Å². The number of fused-ring (bicyclic) bond motifs is 1. The molecular formula is C19H14ClF2N3O. The first kappa shape index (κ1) is 16.8. The van der Waals surface area contributed by atoms with Gasteiger partial charge < -0.3 is 5.32 Å². The van der Waals surface area contributed by atoms with E-state index in [1.165, 1.54) is 0 Å². The monoisotopic (exact) mass is 373 g/mol. The van der Waals surface area contributed by atoms with Crippen LogP contribution in [0.15, 0.2) is 36.8 Å². The lowest BCUT2D eigenvalue weighted by Crippen LogP contribution is -2.15. The molecule has 1 fully saturated rings. The summed E-state index contributed by atoms with van der Waals surface area (Å²) in [6, 6.07) is 5.22. The van der Waals surface area contributed by atoms with Gasteiger partial charge in [0.15, 0.2) is 0 Å². The number of amides is 1. The molecule has 0 radical (unpaired) electrons. The first-order valence-electron chi connectivity index (χ1n) is 8.09. The van der Waals surface area contributed by atoms with Crippen LogP contribution in [0.1, 0.15) is 12.0 Å². The van der Waals surface area contributed by atoms with Crippen LogP contribution in [0.25, 0.3) is 21.9 Å². The summed E-state index contributed by atoms with van der Waals surface area (Å²) in [5, 5.41) is 4.51. The van der Waals surface area contributed by atoms with Crippen molar-refractivity contribution >= 4 is 34.1 Å². The number of halogens is 3. The Labute approximate surface area is 153 Å². The molecule has 3 aromatic rings. The van der Waals surface area contributed by atoms with E-state index in [1.807, 2.05) is 6.07 Å². The summed E-state index contributed by atoms with van der Waals surface area (Å²) < 4.78 is 26.8. The standard InChI is InChI=1S/C19H14ClF2N3O/c1-9-13(6-23-8-17(9)22)10-2-11-4-18(24-7-14(11)15(20)3-10)25-19(26)12-5-16(12)21/h2-4,6-8,12,16H,5H2,1H3,(H,24,25,26)/t12-,16+/m1/s1. The summed E-state index contributed by atoms with van der Waals surface area (Å²) in [6.45, 7) is 1.67. The molecule has 2 atom stereocenters. The molecule has 0 saturated heterocycles. The molecule has 4 rings (SSSR count). The van der Waals surface area contributed by atoms with Crippen molar-refractivity contribution in [3.05, 3.63) is 53.2 Å². The van der Waals surface area contributed by atoms with Gasteiger partial charge in [0.2, 0.25) is 5.91 Å². The van der Waals surface area contributed by atoms with E-state index in [0.29, 0.717) is 32.9 Å².